The maximum atomic E-state index is 11.9. The summed E-state index contributed by atoms with van der Waals surface area (Å²) in [5.41, 5.74) is 0. The van der Waals surface area contributed by atoms with E-state index in [1.54, 1.807) is 29.5 Å². The minimum absolute atomic E-state index is 0.180. The van der Waals surface area contributed by atoms with Crippen molar-refractivity contribution in [3.63, 3.8) is 0 Å². The largest absolute Gasteiger partial charge is 0.334 e. The van der Waals surface area contributed by atoms with Crippen LogP contribution in [0.5, 0.6) is 0 Å². The molecule has 0 atom stereocenters. The molecule has 2 rings (SSSR count). The molecule has 0 saturated carbocycles. The monoisotopic (exact) mass is 288 g/mol. The fourth-order valence-electron chi connectivity index (χ4n) is 1.24. The highest BCUT2D eigenvalue weighted by Crippen LogP contribution is 2.18. The van der Waals surface area contributed by atoms with Gasteiger partial charge in [0.2, 0.25) is 9.47 Å². The Bertz CT molecular complexity index is 539. The number of thiazole rings is 1. The van der Waals surface area contributed by atoms with E-state index in [2.05, 4.69) is 15.2 Å². The lowest BCUT2D eigenvalue weighted by Gasteiger charge is -2.13. The molecule has 8 heteroatoms. The summed E-state index contributed by atoms with van der Waals surface area (Å²) in [5.74, 6) is -0.180. The first-order chi connectivity index (χ1) is 8.06. The molecule has 2 heterocycles. The first kappa shape index (κ1) is 12.4. The molecule has 0 radical (unpaired) electrons. The van der Waals surface area contributed by atoms with Gasteiger partial charge in [-0.3, -0.25) is 4.79 Å². The van der Waals surface area contributed by atoms with E-state index < -0.39 is 0 Å². The standard InChI is InChI=1S/C9H9ClN4OS2/c1-5-11-3-6(16-5)4-14(2)8(15)7-12-13-9(10)17-7/h3H,4H2,1-2H3. The van der Waals surface area contributed by atoms with Gasteiger partial charge >= 0.3 is 0 Å². The van der Waals surface area contributed by atoms with Crippen LogP contribution in [0.15, 0.2) is 6.20 Å². The Kier molecular flexibility index (Phi) is 3.70. The van der Waals surface area contributed by atoms with Gasteiger partial charge in [0.15, 0.2) is 0 Å². The van der Waals surface area contributed by atoms with Crippen LogP contribution >= 0.6 is 34.3 Å². The van der Waals surface area contributed by atoms with E-state index in [-0.39, 0.29) is 10.4 Å². The number of hydrogen-bond donors (Lipinski definition) is 0. The average Bonchev–Trinajstić information content (AvgIpc) is 2.87. The van der Waals surface area contributed by atoms with Gasteiger partial charge in [-0.1, -0.05) is 11.3 Å². The molecular weight excluding hydrogens is 280 g/mol. The topological polar surface area (TPSA) is 59.0 Å². The summed E-state index contributed by atoms with van der Waals surface area (Å²) in [6.07, 6.45) is 1.77. The molecule has 0 bridgehead atoms. The highest BCUT2D eigenvalue weighted by atomic mass is 35.5. The van der Waals surface area contributed by atoms with Crippen molar-refractivity contribution in [2.75, 3.05) is 7.05 Å². The van der Waals surface area contributed by atoms with Crippen molar-refractivity contribution in [2.45, 2.75) is 13.5 Å². The lowest BCUT2D eigenvalue weighted by Crippen LogP contribution is -2.25. The number of nitrogens with zero attached hydrogens (tertiary/aromatic N) is 4. The fourth-order valence-corrected chi connectivity index (χ4v) is 2.91. The molecule has 0 aromatic carbocycles. The number of aryl methyl sites for hydroxylation is 1. The van der Waals surface area contributed by atoms with Gasteiger partial charge in [-0.25, -0.2) is 4.98 Å². The van der Waals surface area contributed by atoms with Crippen LogP contribution in [0.4, 0.5) is 0 Å². The van der Waals surface area contributed by atoms with E-state index in [1.807, 2.05) is 6.92 Å². The molecule has 5 nitrogen and oxygen atoms in total. The number of carbonyl (C=O) groups is 1. The van der Waals surface area contributed by atoms with E-state index in [0.29, 0.717) is 11.6 Å². The fraction of sp³-hybridized carbons (Fsp3) is 0.333. The average molecular weight is 289 g/mol. The molecule has 0 aliphatic carbocycles. The second kappa shape index (κ2) is 5.07. The van der Waals surface area contributed by atoms with Crippen LogP contribution in [0.2, 0.25) is 4.47 Å². The number of rotatable bonds is 3. The highest BCUT2D eigenvalue weighted by Gasteiger charge is 2.17. The van der Waals surface area contributed by atoms with Crippen molar-refractivity contribution < 1.29 is 4.79 Å². The van der Waals surface area contributed by atoms with E-state index in [0.717, 1.165) is 21.2 Å². The first-order valence-electron chi connectivity index (χ1n) is 4.72. The lowest BCUT2D eigenvalue weighted by atomic mass is 10.4. The molecule has 1 amide bonds. The van der Waals surface area contributed by atoms with Crippen molar-refractivity contribution >= 4 is 40.2 Å². The van der Waals surface area contributed by atoms with Crippen molar-refractivity contribution in [1.29, 1.82) is 0 Å². The molecule has 90 valence electrons. The SMILES string of the molecule is Cc1ncc(CN(C)C(=O)c2nnc(Cl)s2)s1. The summed E-state index contributed by atoms with van der Waals surface area (Å²) < 4.78 is 0.274. The summed E-state index contributed by atoms with van der Waals surface area (Å²) in [6.45, 7) is 2.45. The van der Waals surface area contributed by atoms with Gasteiger partial charge in [0.05, 0.1) is 11.6 Å². The Hall–Kier alpha value is -1.05. The molecule has 0 saturated heterocycles. The Morgan fingerprint density at radius 1 is 1.47 bits per heavy atom. The molecule has 17 heavy (non-hydrogen) atoms. The smallest absolute Gasteiger partial charge is 0.284 e. The third kappa shape index (κ3) is 2.99. The maximum Gasteiger partial charge on any atom is 0.284 e. The normalized spacial score (nSPS) is 10.5. The predicted molar refractivity (Wildman–Crippen MR) is 67.6 cm³/mol. The second-order valence-corrected chi connectivity index (χ2v) is 6.25. The van der Waals surface area contributed by atoms with Crippen LogP contribution in [-0.2, 0) is 6.54 Å². The van der Waals surface area contributed by atoms with Gasteiger partial charge in [-0.2, -0.15) is 0 Å². The Morgan fingerprint density at radius 3 is 2.76 bits per heavy atom. The third-order valence-corrected chi connectivity index (χ3v) is 3.90. The van der Waals surface area contributed by atoms with Gasteiger partial charge < -0.3 is 4.90 Å². The Balaban J connectivity index is 2.05. The van der Waals surface area contributed by atoms with Gasteiger partial charge in [-0.05, 0) is 18.5 Å². The molecule has 0 N–H and O–H groups in total. The molecule has 2 aromatic rings. The summed E-state index contributed by atoms with van der Waals surface area (Å²) in [6, 6.07) is 0. The minimum Gasteiger partial charge on any atom is -0.334 e. The summed E-state index contributed by atoms with van der Waals surface area (Å²) in [5, 5.41) is 8.62. The van der Waals surface area contributed by atoms with Gasteiger partial charge in [-0.15, -0.1) is 21.5 Å². The highest BCUT2D eigenvalue weighted by molar-refractivity contribution is 7.17. The van der Waals surface area contributed by atoms with Crippen LogP contribution in [0.1, 0.15) is 19.7 Å². The third-order valence-electron chi connectivity index (χ3n) is 1.99. The predicted octanol–water partition coefficient (Wildman–Crippen LogP) is 2.23. The number of carbonyl (C=O) groups excluding carboxylic acids is 1. The summed E-state index contributed by atoms with van der Waals surface area (Å²) in [7, 11) is 1.71. The van der Waals surface area contributed by atoms with Crippen LogP contribution in [0.3, 0.4) is 0 Å². The van der Waals surface area contributed by atoms with E-state index in [9.17, 15) is 4.79 Å². The van der Waals surface area contributed by atoms with E-state index in [4.69, 9.17) is 11.6 Å². The Morgan fingerprint density at radius 2 is 2.24 bits per heavy atom. The summed E-state index contributed by atoms with van der Waals surface area (Å²) >= 11 is 8.29. The van der Waals surface area contributed by atoms with Gasteiger partial charge in [0.25, 0.3) is 5.91 Å². The zero-order valence-electron chi connectivity index (χ0n) is 9.18. The number of aromatic nitrogens is 3. The van der Waals surface area contributed by atoms with Crippen molar-refractivity contribution in [2.24, 2.45) is 0 Å². The van der Waals surface area contributed by atoms with Crippen LogP contribution in [-0.4, -0.2) is 33.0 Å². The minimum atomic E-state index is -0.180. The quantitative estimate of drug-likeness (QED) is 0.869. The lowest BCUT2D eigenvalue weighted by molar-refractivity contribution is 0.0785. The molecule has 2 aromatic heterocycles. The molecule has 0 unspecified atom stereocenters. The van der Waals surface area contributed by atoms with E-state index in [1.165, 1.54) is 0 Å². The van der Waals surface area contributed by atoms with E-state index >= 15 is 0 Å². The molecule has 0 fully saturated rings. The van der Waals surface area contributed by atoms with Crippen LogP contribution in [0, 0.1) is 6.92 Å². The zero-order chi connectivity index (χ0) is 12.4. The molecule has 0 aliphatic rings. The number of halogens is 1. The Labute approximate surface area is 111 Å². The van der Waals surface area contributed by atoms with Crippen LogP contribution in [0.25, 0.3) is 0 Å². The van der Waals surface area contributed by atoms with Crippen molar-refractivity contribution in [1.82, 2.24) is 20.1 Å². The maximum absolute atomic E-state index is 11.9. The zero-order valence-corrected chi connectivity index (χ0v) is 11.6. The van der Waals surface area contributed by atoms with Crippen LogP contribution < -0.4 is 0 Å². The molecule has 0 aliphatic heterocycles. The van der Waals surface area contributed by atoms with Gasteiger partial charge in [0, 0.05) is 18.1 Å². The number of amides is 1. The first-order valence-corrected chi connectivity index (χ1v) is 6.73. The second-order valence-electron chi connectivity index (χ2n) is 3.37. The van der Waals surface area contributed by atoms with Crippen molar-refractivity contribution in [3.05, 3.63) is 25.6 Å². The molecule has 0 spiro atoms. The van der Waals surface area contributed by atoms with Crippen molar-refractivity contribution in [3.8, 4) is 0 Å². The summed E-state index contributed by atoms with van der Waals surface area (Å²) in [4.78, 5) is 18.7. The van der Waals surface area contributed by atoms with Gasteiger partial charge in [0.1, 0.15) is 0 Å². The molecular formula is C9H9ClN4OS2. The number of hydrogen-bond acceptors (Lipinski definition) is 6.